The van der Waals surface area contributed by atoms with Gasteiger partial charge in [0, 0.05) is 19.7 Å². The summed E-state index contributed by atoms with van der Waals surface area (Å²) in [6.45, 7) is 3.73. The van der Waals surface area contributed by atoms with Gasteiger partial charge < -0.3 is 14.8 Å². The molecule has 2 aliphatic heterocycles. The lowest BCUT2D eigenvalue weighted by Crippen LogP contribution is -2.50. The van der Waals surface area contributed by atoms with Crippen LogP contribution in [0.15, 0.2) is 0 Å². The van der Waals surface area contributed by atoms with Gasteiger partial charge in [-0.05, 0) is 6.42 Å². The lowest BCUT2D eigenvalue weighted by Gasteiger charge is -2.29. The van der Waals surface area contributed by atoms with Crippen molar-refractivity contribution in [3.63, 3.8) is 0 Å². The van der Waals surface area contributed by atoms with Gasteiger partial charge in [0.25, 0.3) is 0 Å². The highest BCUT2D eigenvalue weighted by Crippen LogP contribution is 2.12. The molecular weight excluding hydrogens is 130 g/mol. The fourth-order valence-electron chi connectivity index (χ4n) is 1.25. The van der Waals surface area contributed by atoms with Gasteiger partial charge in [-0.1, -0.05) is 0 Å². The Morgan fingerprint density at radius 2 is 2.20 bits per heavy atom. The molecule has 0 aromatic carbocycles. The molecule has 2 fully saturated rings. The van der Waals surface area contributed by atoms with E-state index in [-0.39, 0.29) is 0 Å². The van der Waals surface area contributed by atoms with Gasteiger partial charge in [0.05, 0.1) is 18.8 Å². The van der Waals surface area contributed by atoms with Crippen LogP contribution in [0.2, 0.25) is 0 Å². The van der Waals surface area contributed by atoms with Crippen LogP contribution in [0.3, 0.4) is 0 Å². The van der Waals surface area contributed by atoms with Gasteiger partial charge in [-0.15, -0.1) is 0 Å². The van der Waals surface area contributed by atoms with Gasteiger partial charge >= 0.3 is 0 Å². The topological polar surface area (TPSA) is 30.5 Å². The Bertz CT molecular complexity index is 108. The summed E-state index contributed by atoms with van der Waals surface area (Å²) in [5.41, 5.74) is 0. The fourth-order valence-corrected chi connectivity index (χ4v) is 1.25. The average Bonchev–Trinajstić information content (AvgIpc) is 2.29. The normalized spacial score (nSPS) is 34.2. The smallest absolute Gasteiger partial charge is 0.0835 e. The maximum atomic E-state index is 5.66. The number of rotatable bonds is 2. The fraction of sp³-hybridized carbons (Fsp3) is 1.00. The highest BCUT2D eigenvalue weighted by atomic mass is 16.6. The monoisotopic (exact) mass is 143 g/mol. The van der Waals surface area contributed by atoms with Crippen molar-refractivity contribution >= 4 is 0 Å². The predicted molar refractivity (Wildman–Crippen MR) is 37.0 cm³/mol. The number of hydrogen-bond acceptors (Lipinski definition) is 3. The second kappa shape index (κ2) is 2.86. The molecule has 0 amide bonds. The summed E-state index contributed by atoms with van der Waals surface area (Å²) in [4.78, 5) is 0. The zero-order chi connectivity index (χ0) is 6.81. The summed E-state index contributed by atoms with van der Waals surface area (Å²) in [6.07, 6.45) is 1.93. The molecule has 3 heteroatoms. The first-order valence-electron chi connectivity index (χ1n) is 3.89. The molecule has 0 bridgehead atoms. The van der Waals surface area contributed by atoms with E-state index in [2.05, 4.69) is 5.32 Å². The maximum Gasteiger partial charge on any atom is 0.0835 e. The minimum atomic E-state index is 0.382. The van der Waals surface area contributed by atoms with Crippen LogP contribution >= 0.6 is 0 Å². The molecule has 0 radical (unpaired) electrons. The summed E-state index contributed by atoms with van der Waals surface area (Å²) in [5, 5.41) is 3.17. The molecule has 2 saturated heterocycles. The zero-order valence-corrected chi connectivity index (χ0v) is 6.01. The molecule has 1 atom stereocenters. The van der Waals surface area contributed by atoms with E-state index in [0.717, 1.165) is 32.7 Å². The Balaban J connectivity index is 1.68. The Morgan fingerprint density at radius 3 is 2.70 bits per heavy atom. The van der Waals surface area contributed by atoms with Crippen LogP contribution < -0.4 is 5.32 Å². The quantitative estimate of drug-likeness (QED) is 0.579. The first-order chi connectivity index (χ1) is 4.95. The van der Waals surface area contributed by atoms with E-state index in [9.17, 15) is 0 Å². The lowest BCUT2D eigenvalue weighted by atomic mass is 10.2. The Kier molecular flexibility index (Phi) is 1.88. The molecule has 0 aromatic heterocycles. The Labute approximate surface area is 60.7 Å². The Hall–Kier alpha value is -0.120. The van der Waals surface area contributed by atoms with E-state index >= 15 is 0 Å². The van der Waals surface area contributed by atoms with Crippen LogP contribution in [-0.4, -0.2) is 38.5 Å². The summed E-state index contributed by atoms with van der Waals surface area (Å²) < 4.78 is 10.8. The predicted octanol–water partition coefficient (Wildman–Crippen LogP) is -0.236. The minimum Gasteiger partial charge on any atom is -0.379 e. The van der Waals surface area contributed by atoms with Crippen LogP contribution in [0.5, 0.6) is 0 Å². The molecular formula is C7H13NO2. The van der Waals surface area contributed by atoms with Crippen LogP contribution in [-0.2, 0) is 9.47 Å². The van der Waals surface area contributed by atoms with Crippen LogP contribution in [0, 0.1) is 0 Å². The third kappa shape index (κ3) is 1.31. The van der Waals surface area contributed by atoms with E-state index in [1.807, 2.05) is 0 Å². The Morgan fingerprint density at radius 1 is 1.30 bits per heavy atom. The summed E-state index contributed by atoms with van der Waals surface area (Å²) in [7, 11) is 0. The highest BCUT2D eigenvalue weighted by molar-refractivity contribution is 4.77. The molecule has 0 aliphatic carbocycles. The van der Waals surface area contributed by atoms with E-state index in [1.165, 1.54) is 0 Å². The van der Waals surface area contributed by atoms with Gasteiger partial charge in [0.1, 0.15) is 0 Å². The largest absolute Gasteiger partial charge is 0.379 e. The van der Waals surface area contributed by atoms with Crippen molar-refractivity contribution in [3.8, 4) is 0 Å². The first kappa shape index (κ1) is 6.58. The van der Waals surface area contributed by atoms with E-state index in [0.29, 0.717) is 12.2 Å². The van der Waals surface area contributed by atoms with E-state index in [1.54, 1.807) is 0 Å². The van der Waals surface area contributed by atoms with Crippen molar-refractivity contribution < 1.29 is 9.47 Å². The van der Waals surface area contributed by atoms with Crippen molar-refractivity contribution in [2.75, 3.05) is 26.3 Å². The summed E-state index contributed by atoms with van der Waals surface area (Å²) in [6, 6.07) is 0. The van der Waals surface area contributed by atoms with Crippen molar-refractivity contribution in [1.29, 1.82) is 0 Å². The molecule has 0 aromatic rings. The molecule has 0 unspecified atom stereocenters. The van der Waals surface area contributed by atoms with Crippen LogP contribution in [0.4, 0.5) is 0 Å². The van der Waals surface area contributed by atoms with E-state index < -0.39 is 0 Å². The van der Waals surface area contributed by atoms with Crippen LogP contribution in [0.25, 0.3) is 0 Å². The van der Waals surface area contributed by atoms with Gasteiger partial charge in [-0.3, -0.25) is 0 Å². The van der Waals surface area contributed by atoms with Gasteiger partial charge in [0.15, 0.2) is 0 Å². The molecule has 2 rings (SSSR count). The lowest BCUT2D eigenvalue weighted by molar-refractivity contribution is -0.0391. The molecule has 10 heavy (non-hydrogen) atoms. The SMILES string of the molecule is C1C[C@H](OC2CNC2)CO1. The molecule has 2 heterocycles. The van der Waals surface area contributed by atoms with E-state index in [4.69, 9.17) is 9.47 Å². The number of nitrogens with one attached hydrogen (secondary N) is 1. The maximum absolute atomic E-state index is 5.66. The first-order valence-corrected chi connectivity index (χ1v) is 3.89. The van der Waals surface area contributed by atoms with Gasteiger partial charge in [0.2, 0.25) is 0 Å². The highest BCUT2D eigenvalue weighted by Gasteiger charge is 2.24. The third-order valence-corrected chi connectivity index (χ3v) is 2.02. The molecule has 0 saturated carbocycles. The third-order valence-electron chi connectivity index (χ3n) is 2.02. The molecule has 3 nitrogen and oxygen atoms in total. The second-order valence-electron chi connectivity index (χ2n) is 2.90. The van der Waals surface area contributed by atoms with Crippen molar-refractivity contribution in [2.45, 2.75) is 18.6 Å². The zero-order valence-electron chi connectivity index (χ0n) is 6.01. The molecule has 1 N–H and O–H groups in total. The van der Waals surface area contributed by atoms with Crippen molar-refractivity contribution in [3.05, 3.63) is 0 Å². The summed E-state index contributed by atoms with van der Waals surface area (Å²) in [5.74, 6) is 0. The molecule has 58 valence electrons. The standard InChI is InChI=1S/C7H13NO2/c1-2-9-5-6(1)10-7-3-8-4-7/h6-8H,1-5H2/t6-/m0/s1. The van der Waals surface area contributed by atoms with Crippen molar-refractivity contribution in [1.82, 2.24) is 5.32 Å². The van der Waals surface area contributed by atoms with Gasteiger partial charge in [-0.25, -0.2) is 0 Å². The molecule has 2 aliphatic rings. The molecule has 0 spiro atoms. The minimum absolute atomic E-state index is 0.382. The van der Waals surface area contributed by atoms with Gasteiger partial charge in [-0.2, -0.15) is 0 Å². The van der Waals surface area contributed by atoms with Crippen molar-refractivity contribution in [2.24, 2.45) is 0 Å². The number of hydrogen-bond donors (Lipinski definition) is 1. The second-order valence-corrected chi connectivity index (χ2v) is 2.90. The average molecular weight is 143 g/mol. The van der Waals surface area contributed by atoms with Crippen LogP contribution in [0.1, 0.15) is 6.42 Å². The number of ether oxygens (including phenoxy) is 2. The summed E-state index contributed by atoms with van der Waals surface area (Å²) >= 11 is 0.